The monoisotopic (exact) mass is 438 g/mol. The summed E-state index contributed by atoms with van der Waals surface area (Å²) >= 11 is 0. The molecule has 0 bridgehead atoms. The first kappa shape index (κ1) is 21.3. The van der Waals surface area contributed by atoms with Gasteiger partial charge in [-0.3, -0.25) is 9.78 Å². The molecule has 0 spiro atoms. The Morgan fingerprint density at radius 2 is 2.00 bits per heavy atom. The van der Waals surface area contributed by atoms with Gasteiger partial charge in [-0.25, -0.2) is 14.2 Å². The van der Waals surface area contributed by atoms with E-state index >= 15 is 0 Å². The lowest BCUT2D eigenvalue weighted by Crippen LogP contribution is -2.45. The van der Waals surface area contributed by atoms with Crippen LogP contribution in [0.25, 0.3) is 10.9 Å². The quantitative estimate of drug-likeness (QED) is 0.362. The lowest BCUT2D eigenvalue weighted by Gasteiger charge is -2.26. The van der Waals surface area contributed by atoms with Crippen molar-refractivity contribution in [2.24, 2.45) is 11.7 Å². The average molecular weight is 438 g/mol. The molecule has 4 rings (SSSR count). The zero-order valence-electron chi connectivity index (χ0n) is 17.3. The molecule has 1 aromatic carbocycles. The van der Waals surface area contributed by atoms with Gasteiger partial charge in [0, 0.05) is 23.3 Å². The van der Waals surface area contributed by atoms with E-state index in [9.17, 15) is 14.0 Å². The zero-order chi connectivity index (χ0) is 22.8. The number of nitrogens with one attached hydrogen (secondary N) is 3. The molecule has 3 aromatic rings. The maximum Gasteiger partial charge on any atom is 0.404 e. The minimum atomic E-state index is -1.16. The van der Waals surface area contributed by atoms with Gasteiger partial charge in [0.2, 0.25) is 0 Å². The van der Waals surface area contributed by atoms with Gasteiger partial charge in [0.1, 0.15) is 5.82 Å². The van der Waals surface area contributed by atoms with Crippen LogP contribution in [0.4, 0.5) is 26.5 Å². The van der Waals surface area contributed by atoms with Crippen LogP contribution in [0.5, 0.6) is 0 Å². The third kappa shape index (κ3) is 4.53. The fraction of sp³-hybridized carbons (Fsp3) is 0.273. The number of aromatic nitrogens is 2. The summed E-state index contributed by atoms with van der Waals surface area (Å²) in [5, 5.41) is 18.4. The Balaban J connectivity index is 1.70. The highest BCUT2D eigenvalue weighted by molar-refractivity contribution is 6.00. The number of benzene rings is 1. The molecule has 2 atom stereocenters. The summed E-state index contributed by atoms with van der Waals surface area (Å²) in [7, 11) is 0. The first-order valence-corrected chi connectivity index (χ1v) is 10.2. The third-order valence-corrected chi connectivity index (χ3v) is 5.46. The molecule has 0 unspecified atom stereocenters. The molecule has 166 valence electrons. The summed E-state index contributed by atoms with van der Waals surface area (Å²) in [6.07, 6.45) is 2.31. The largest absolute Gasteiger partial charge is 0.465 e. The van der Waals surface area contributed by atoms with E-state index in [1.54, 1.807) is 31.3 Å². The molecule has 10 heteroatoms. The smallest absolute Gasteiger partial charge is 0.404 e. The summed E-state index contributed by atoms with van der Waals surface area (Å²) in [6, 6.07) is 9.27. The normalized spacial score (nSPS) is 15.1. The van der Waals surface area contributed by atoms with Gasteiger partial charge in [0.05, 0.1) is 17.1 Å². The Morgan fingerprint density at radius 1 is 1.22 bits per heavy atom. The van der Waals surface area contributed by atoms with E-state index < -0.39 is 23.9 Å². The molecule has 2 amide bonds. The van der Waals surface area contributed by atoms with Crippen molar-refractivity contribution in [3.8, 4) is 0 Å². The van der Waals surface area contributed by atoms with Crippen molar-refractivity contribution >= 4 is 40.2 Å². The maximum absolute atomic E-state index is 14.8. The first-order chi connectivity index (χ1) is 15.3. The molecule has 2 heterocycles. The number of carbonyl (C=O) groups excluding carboxylic acids is 1. The molecular weight excluding hydrogens is 415 g/mol. The number of fused-ring (bicyclic) bond motifs is 1. The molecule has 1 aliphatic rings. The molecule has 32 heavy (non-hydrogen) atoms. The van der Waals surface area contributed by atoms with Gasteiger partial charge in [-0.1, -0.05) is 6.07 Å². The number of pyridine rings is 2. The van der Waals surface area contributed by atoms with Crippen LogP contribution < -0.4 is 21.7 Å². The summed E-state index contributed by atoms with van der Waals surface area (Å²) in [6.45, 7) is 1.71. The van der Waals surface area contributed by atoms with Crippen molar-refractivity contribution in [3.05, 3.63) is 54.0 Å². The van der Waals surface area contributed by atoms with Crippen molar-refractivity contribution in [2.75, 3.05) is 10.6 Å². The van der Waals surface area contributed by atoms with Crippen LogP contribution in [-0.4, -0.2) is 39.2 Å². The summed E-state index contributed by atoms with van der Waals surface area (Å²) in [5.41, 5.74) is 6.73. The highest BCUT2D eigenvalue weighted by atomic mass is 19.1. The molecule has 1 saturated carbocycles. The molecule has 1 fully saturated rings. The number of nitrogens with two attached hydrogens (primary N) is 1. The Morgan fingerprint density at radius 3 is 2.69 bits per heavy atom. The van der Waals surface area contributed by atoms with E-state index in [0.29, 0.717) is 5.69 Å². The van der Waals surface area contributed by atoms with Crippen LogP contribution in [0.1, 0.15) is 30.1 Å². The van der Waals surface area contributed by atoms with Gasteiger partial charge in [0.25, 0.3) is 5.91 Å². The second-order valence-electron chi connectivity index (χ2n) is 7.83. The molecule has 0 saturated heterocycles. The van der Waals surface area contributed by atoms with Crippen LogP contribution >= 0.6 is 0 Å². The highest BCUT2D eigenvalue weighted by Gasteiger charge is 2.36. The Labute approximate surface area is 183 Å². The number of halogens is 1. The van der Waals surface area contributed by atoms with Gasteiger partial charge in [-0.05, 0) is 56.0 Å². The van der Waals surface area contributed by atoms with Gasteiger partial charge in [-0.15, -0.1) is 0 Å². The summed E-state index contributed by atoms with van der Waals surface area (Å²) in [5.74, 6) is -1.40. The van der Waals surface area contributed by atoms with E-state index in [4.69, 9.17) is 10.8 Å². The van der Waals surface area contributed by atoms with Gasteiger partial charge in [-0.2, -0.15) is 0 Å². The SMILES string of the molecule is C[C@H](NC(=O)O)[C@H](Nc1nc(Nc2cccc3ncccc23)c(C(N)=O)cc1F)C1CC1. The van der Waals surface area contributed by atoms with Crippen LogP contribution in [0.3, 0.4) is 0 Å². The minimum Gasteiger partial charge on any atom is -0.465 e. The van der Waals surface area contributed by atoms with Crippen LogP contribution in [0, 0.1) is 11.7 Å². The van der Waals surface area contributed by atoms with Crippen LogP contribution in [-0.2, 0) is 0 Å². The minimum absolute atomic E-state index is 0.0890. The van der Waals surface area contributed by atoms with Crippen molar-refractivity contribution in [3.63, 3.8) is 0 Å². The van der Waals surface area contributed by atoms with Gasteiger partial charge in [0.15, 0.2) is 11.6 Å². The molecule has 0 aliphatic heterocycles. The summed E-state index contributed by atoms with van der Waals surface area (Å²) in [4.78, 5) is 31.7. The number of amides is 2. The van der Waals surface area contributed by atoms with Crippen LogP contribution in [0.2, 0.25) is 0 Å². The van der Waals surface area contributed by atoms with E-state index in [-0.39, 0.29) is 29.2 Å². The Kier molecular flexibility index (Phi) is 5.76. The Hall–Kier alpha value is -3.95. The number of carbonyl (C=O) groups is 2. The standard InChI is InChI=1S/C22H23FN6O3/c1-11(26-22(31)32)18(12-7-8-12)28-21-15(23)10-14(19(24)30)20(29-21)27-17-6-2-5-16-13(17)4-3-9-25-16/h2-6,9-12,18,26H,7-8H2,1H3,(H2,24,30)(H,31,32)(H2,27,28,29)/t11-,18-/m0/s1. The van der Waals surface area contributed by atoms with Crippen molar-refractivity contribution < 1.29 is 19.1 Å². The summed E-state index contributed by atoms with van der Waals surface area (Å²) < 4.78 is 14.8. The molecule has 0 radical (unpaired) electrons. The van der Waals surface area contributed by atoms with Crippen LogP contribution in [0.15, 0.2) is 42.6 Å². The number of carboxylic acid groups (broad SMARTS) is 1. The van der Waals surface area contributed by atoms with Gasteiger partial charge >= 0.3 is 6.09 Å². The fourth-order valence-electron chi connectivity index (χ4n) is 3.76. The zero-order valence-corrected chi connectivity index (χ0v) is 17.3. The van der Waals surface area contributed by atoms with E-state index in [1.807, 2.05) is 12.1 Å². The lowest BCUT2D eigenvalue weighted by molar-refractivity contribution is 0.100. The molecule has 1 aliphatic carbocycles. The predicted octanol–water partition coefficient (Wildman–Crippen LogP) is 3.46. The number of nitrogens with zero attached hydrogens (tertiary/aromatic N) is 2. The third-order valence-electron chi connectivity index (χ3n) is 5.46. The first-order valence-electron chi connectivity index (χ1n) is 10.2. The van der Waals surface area contributed by atoms with E-state index in [0.717, 1.165) is 29.8 Å². The number of primary amides is 1. The average Bonchev–Trinajstić information content (AvgIpc) is 3.58. The fourth-order valence-corrected chi connectivity index (χ4v) is 3.76. The molecule has 6 N–H and O–H groups in total. The van der Waals surface area contributed by atoms with E-state index in [1.165, 1.54) is 0 Å². The Bertz CT molecular complexity index is 1180. The highest BCUT2D eigenvalue weighted by Crippen LogP contribution is 2.36. The maximum atomic E-state index is 14.8. The van der Waals surface area contributed by atoms with Crippen molar-refractivity contribution in [1.82, 2.24) is 15.3 Å². The van der Waals surface area contributed by atoms with Crippen molar-refractivity contribution in [2.45, 2.75) is 31.8 Å². The number of rotatable bonds is 8. The number of anilines is 3. The van der Waals surface area contributed by atoms with E-state index in [2.05, 4.69) is 25.9 Å². The lowest BCUT2D eigenvalue weighted by atomic mass is 10.0. The second kappa shape index (κ2) is 8.66. The number of hydrogen-bond acceptors (Lipinski definition) is 6. The predicted molar refractivity (Wildman–Crippen MR) is 118 cm³/mol. The molecular formula is C22H23FN6O3. The molecule has 2 aromatic heterocycles. The number of hydrogen-bond donors (Lipinski definition) is 5. The van der Waals surface area contributed by atoms with Crippen molar-refractivity contribution in [1.29, 1.82) is 0 Å². The molecule has 9 nitrogen and oxygen atoms in total. The topological polar surface area (TPSA) is 142 Å². The second-order valence-corrected chi connectivity index (χ2v) is 7.83. The van der Waals surface area contributed by atoms with Gasteiger partial charge < -0.3 is 26.8 Å².